The number of halogens is 1. The van der Waals surface area contributed by atoms with Crippen LogP contribution >= 0.6 is 11.6 Å². The minimum atomic E-state index is -3.76. The van der Waals surface area contributed by atoms with E-state index in [1.165, 1.54) is 24.3 Å². The number of benzene rings is 1. The molecule has 9 heteroatoms. The molecule has 2 atom stereocenters. The lowest BCUT2D eigenvalue weighted by atomic mass is 10.2. The molecule has 0 radical (unpaired) electrons. The van der Waals surface area contributed by atoms with Crippen LogP contribution in [0.15, 0.2) is 29.2 Å². The zero-order chi connectivity index (χ0) is 18.7. The third-order valence-corrected chi connectivity index (χ3v) is 8.44. The van der Waals surface area contributed by atoms with E-state index >= 15 is 0 Å². The van der Waals surface area contributed by atoms with Gasteiger partial charge in [0.1, 0.15) is 0 Å². The fourth-order valence-corrected chi connectivity index (χ4v) is 7.63. The van der Waals surface area contributed by atoms with Crippen molar-refractivity contribution in [1.29, 1.82) is 0 Å². The summed E-state index contributed by atoms with van der Waals surface area (Å²) in [4.78, 5) is 0.0916. The van der Waals surface area contributed by atoms with Gasteiger partial charge < -0.3 is 10.1 Å². The first-order valence-corrected chi connectivity index (χ1v) is 11.9. The highest BCUT2D eigenvalue weighted by molar-refractivity contribution is 7.96. The molecule has 0 aliphatic carbocycles. The summed E-state index contributed by atoms with van der Waals surface area (Å²) >= 11 is 5.80. The van der Waals surface area contributed by atoms with Gasteiger partial charge in [0.25, 0.3) is 0 Å². The average Bonchev–Trinajstić information content (AvgIpc) is 2.83. The summed E-state index contributed by atoms with van der Waals surface area (Å²) in [6.07, 6.45) is 0.813. The van der Waals surface area contributed by atoms with Crippen molar-refractivity contribution in [1.82, 2.24) is 5.32 Å². The normalized spacial score (nSPS) is 23.2. The van der Waals surface area contributed by atoms with Crippen LogP contribution in [-0.4, -0.2) is 58.9 Å². The molecule has 0 bridgehead atoms. The summed E-state index contributed by atoms with van der Waals surface area (Å²) in [6, 6.07) is 5.18. The molecule has 1 N–H and O–H groups in total. The van der Waals surface area contributed by atoms with Gasteiger partial charge in [0.2, 0.25) is 0 Å². The molecule has 1 heterocycles. The van der Waals surface area contributed by atoms with Gasteiger partial charge in [-0.1, -0.05) is 11.6 Å². The minimum absolute atomic E-state index is 0.0916. The number of hydrogen-bond acceptors (Lipinski definition) is 6. The molecule has 1 aliphatic rings. The topological polar surface area (TPSA) is 89.5 Å². The Hall–Kier alpha value is -0.670. The summed E-state index contributed by atoms with van der Waals surface area (Å²) in [7, 11) is -7.16. The van der Waals surface area contributed by atoms with Crippen LogP contribution in [0, 0.1) is 0 Å². The lowest BCUT2D eigenvalue weighted by Crippen LogP contribution is -2.43. The molecule has 1 fully saturated rings. The maximum absolute atomic E-state index is 12.8. The predicted molar refractivity (Wildman–Crippen MR) is 98.6 cm³/mol. The van der Waals surface area contributed by atoms with Crippen molar-refractivity contribution in [2.75, 3.05) is 24.7 Å². The molecule has 0 saturated carbocycles. The Labute approximate surface area is 154 Å². The first-order valence-electron chi connectivity index (χ1n) is 8.17. The summed E-state index contributed by atoms with van der Waals surface area (Å²) < 4.78 is 55.2. The second kappa shape index (κ2) is 8.35. The molecule has 0 unspecified atom stereocenters. The van der Waals surface area contributed by atoms with Gasteiger partial charge in [-0.2, -0.15) is 0 Å². The van der Waals surface area contributed by atoms with Crippen LogP contribution in [0.25, 0.3) is 0 Å². The van der Waals surface area contributed by atoms with E-state index in [-0.39, 0.29) is 22.5 Å². The van der Waals surface area contributed by atoms with Gasteiger partial charge in [0.05, 0.1) is 27.8 Å². The zero-order valence-electron chi connectivity index (χ0n) is 14.3. The van der Waals surface area contributed by atoms with Crippen LogP contribution in [0.1, 0.15) is 20.3 Å². The predicted octanol–water partition coefficient (Wildman–Crippen LogP) is 1.68. The van der Waals surface area contributed by atoms with E-state index in [9.17, 15) is 16.8 Å². The van der Waals surface area contributed by atoms with Crippen LogP contribution in [-0.2, 0) is 24.4 Å². The average molecular weight is 410 g/mol. The molecule has 0 amide bonds. The maximum atomic E-state index is 12.8. The van der Waals surface area contributed by atoms with Crippen molar-refractivity contribution in [2.24, 2.45) is 0 Å². The first kappa shape index (κ1) is 20.6. The van der Waals surface area contributed by atoms with Crippen LogP contribution in [0.2, 0.25) is 5.02 Å². The molecule has 1 saturated heterocycles. The molecular weight excluding hydrogens is 386 g/mol. The molecule has 0 aromatic heterocycles. The number of ether oxygens (including phenoxy) is 1. The Bertz CT molecular complexity index is 775. The van der Waals surface area contributed by atoms with E-state index in [1.807, 2.05) is 13.8 Å². The van der Waals surface area contributed by atoms with Crippen LogP contribution in [0.4, 0.5) is 0 Å². The minimum Gasteiger partial charge on any atom is -0.379 e. The summed E-state index contributed by atoms with van der Waals surface area (Å²) in [5, 5.41) is 2.52. The van der Waals surface area contributed by atoms with E-state index in [1.54, 1.807) is 0 Å². The van der Waals surface area contributed by atoms with E-state index < -0.39 is 31.0 Å². The van der Waals surface area contributed by atoms with Gasteiger partial charge in [0.15, 0.2) is 19.7 Å². The molecule has 1 aromatic carbocycles. The number of rotatable bonds is 8. The van der Waals surface area contributed by atoms with E-state index in [4.69, 9.17) is 16.3 Å². The Morgan fingerprint density at radius 3 is 2.48 bits per heavy atom. The standard InChI is InChI=1S/C16H24ClNO5S2/c1-12(2)23-9-3-8-18-15-10-24(19,20)11-16(15)25(21,22)14-6-4-13(17)5-7-14/h4-7,12,15-16,18H,3,8-11H2,1-2H3/t15-,16-/m0/s1. The van der Waals surface area contributed by atoms with Gasteiger partial charge >= 0.3 is 0 Å². The lowest BCUT2D eigenvalue weighted by molar-refractivity contribution is 0.0768. The third-order valence-electron chi connectivity index (χ3n) is 4.02. The van der Waals surface area contributed by atoms with E-state index in [2.05, 4.69) is 5.32 Å². The van der Waals surface area contributed by atoms with E-state index in [0.29, 0.717) is 24.6 Å². The fourth-order valence-electron chi connectivity index (χ4n) is 2.79. The highest BCUT2D eigenvalue weighted by atomic mass is 35.5. The van der Waals surface area contributed by atoms with Gasteiger partial charge in [-0.15, -0.1) is 0 Å². The van der Waals surface area contributed by atoms with Crippen molar-refractivity contribution in [3.63, 3.8) is 0 Å². The Balaban J connectivity index is 2.09. The van der Waals surface area contributed by atoms with Crippen LogP contribution in [0.5, 0.6) is 0 Å². The molecule has 25 heavy (non-hydrogen) atoms. The number of hydrogen-bond donors (Lipinski definition) is 1. The van der Waals surface area contributed by atoms with Crippen molar-refractivity contribution in [3.05, 3.63) is 29.3 Å². The number of nitrogens with one attached hydrogen (secondary N) is 1. The van der Waals surface area contributed by atoms with Crippen LogP contribution < -0.4 is 5.32 Å². The summed E-state index contributed by atoms with van der Waals surface area (Å²) in [5.41, 5.74) is 0. The summed E-state index contributed by atoms with van der Waals surface area (Å²) in [6.45, 7) is 4.91. The molecule has 6 nitrogen and oxygen atoms in total. The van der Waals surface area contributed by atoms with Crippen molar-refractivity contribution < 1.29 is 21.6 Å². The summed E-state index contributed by atoms with van der Waals surface area (Å²) in [5.74, 6) is -0.534. The largest absolute Gasteiger partial charge is 0.379 e. The SMILES string of the molecule is CC(C)OCCCN[C@H]1CS(=O)(=O)C[C@@H]1S(=O)(=O)c1ccc(Cl)cc1. The molecule has 1 aromatic rings. The van der Waals surface area contributed by atoms with Crippen LogP contribution in [0.3, 0.4) is 0 Å². The highest BCUT2D eigenvalue weighted by Gasteiger charge is 2.45. The molecule has 142 valence electrons. The quantitative estimate of drug-likeness (QED) is 0.657. The van der Waals surface area contributed by atoms with Crippen molar-refractivity contribution in [2.45, 2.75) is 42.6 Å². The Morgan fingerprint density at radius 1 is 1.24 bits per heavy atom. The third kappa shape index (κ3) is 5.65. The maximum Gasteiger partial charge on any atom is 0.183 e. The van der Waals surface area contributed by atoms with Crippen molar-refractivity contribution in [3.8, 4) is 0 Å². The molecule has 2 rings (SSSR count). The first-order chi connectivity index (χ1) is 11.6. The molecule has 1 aliphatic heterocycles. The Kier molecular flexibility index (Phi) is 6.89. The van der Waals surface area contributed by atoms with Gasteiger partial charge in [-0.05, 0) is 51.1 Å². The molecule has 0 spiro atoms. The zero-order valence-corrected chi connectivity index (χ0v) is 16.7. The second-order valence-corrected chi connectivity index (χ2v) is 11.2. The Morgan fingerprint density at radius 2 is 1.88 bits per heavy atom. The lowest BCUT2D eigenvalue weighted by Gasteiger charge is -2.20. The van der Waals surface area contributed by atoms with Gasteiger partial charge in [0, 0.05) is 17.7 Å². The smallest absolute Gasteiger partial charge is 0.183 e. The fraction of sp³-hybridized carbons (Fsp3) is 0.625. The van der Waals surface area contributed by atoms with Crippen molar-refractivity contribution >= 4 is 31.3 Å². The molecular formula is C16H24ClNO5S2. The number of sulfone groups is 2. The monoisotopic (exact) mass is 409 g/mol. The van der Waals surface area contributed by atoms with Gasteiger partial charge in [-0.3, -0.25) is 0 Å². The van der Waals surface area contributed by atoms with Gasteiger partial charge in [-0.25, -0.2) is 16.8 Å². The highest BCUT2D eigenvalue weighted by Crippen LogP contribution is 2.26. The van der Waals surface area contributed by atoms with E-state index in [0.717, 1.165) is 0 Å². The second-order valence-electron chi connectivity index (χ2n) is 6.45.